The zero-order chi connectivity index (χ0) is 12.4. The number of nitrogens with zero attached hydrogens (tertiary/aromatic N) is 1. The third kappa shape index (κ3) is 2.91. The monoisotopic (exact) mass is 334 g/mol. The highest BCUT2D eigenvalue weighted by Crippen LogP contribution is 2.15. The van der Waals surface area contributed by atoms with E-state index >= 15 is 0 Å². The van der Waals surface area contributed by atoms with Gasteiger partial charge >= 0.3 is 0 Å². The fraction of sp³-hybridized carbons (Fsp3) is 0.0667. The number of thiazole rings is 1. The fourth-order valence-corrected chi connectivity index (χ4v) is 2.86. The normalized spacial score (nSPS) is 10.1. The largest absolute Gasteiger partial charge is 0.287 e. The molecule has 4 heteroatoms. The quantitative estimate of drug-likeness (QED) is 0.529. The van der Waals surface area contributed by atoms with Gasteiger partial charge in [0.25, 0.3) is 0 Å². The van der Waals surface area contributed by atoms with Crippen molar-refractivity contribution in [3.8, 4) is 0 Å². The molecule has 0 N–H and O–H groups in total. The number of hydrogen-bond acceptors (Lipinski definition) is 2. The lowest BCUT2D eigenvalue weighted by molar-refractivity contribution is -0.652. The zero-order valence-electron chi connectivity index (χ0n) is 10.2. The fourth-order valence-electron chi connectivity index (χ4n) is 1.96. The predicted molar refractivity (Wildman–Crippen MR) is 83.1 cm³/mol. The molecule has 3 rings (SSSR count). The van der Waals surface area contributed by atoms with Gasteiger partial charge in [-0.25, -0.2) is 0 Å². The standard InChI is InChI=1S/C15H12NOS.BrH/c17-14(12-6-2-1-3-7-12)10-16-11-18-15-9-5-4-8-13(15)16;/h1-9,11H,10H2;1H/q+1;. The van der Waals surface area contributed by atoms with Crippen LogP contribution in [0.2, 0.25) is 0 Å². The maximum absolute atomic E-state index is 12.1. The lowest BCUT2D eigenvalue weighted by atomic mass is 10.1. The van der Waals surface area contributed by atoms with Gasteiger partial charge in [-0.05, 0) is 6.07 Å². The Morgan fingerprint density at radius 1 is 1.00 bits per heavy atom. The van der Waals surface area contributed by atoms with Crippen molar-refractivity contribution < 1.29 is 9.36 Å². The summed E-state index contributed by atoms with van der Waals surface area (Å²) < 4.78 is 3.22. The van der Waals surface area contributed by atoms with Crippen LogP contribution in [0.3, 0.4) is 0 Å². The van der Waals surface area contributed by atoms with Crippen molar-refractivity contribution in [2.75, 3.05) is 0 Å². The molecule has 0 saturated heterocycles. The van der Waals surface area contributed by atoms with Crippen LogP contribution in [0.1, 0.15) is 10.4 Å². The van der Waals surface area contributed by atoms with E-state index in [4.69, 9.17) is 0 Å². The molecular weight excluding hydrogens is 322 g/mol. The average Bonchev–Trinajstić information content (AvgIpc) is 2.83. The summed E-state index contributed by atoms with van der Waals surface area (Å²) >= 11 is 1.66. The number of ketones is 1. The second kappa shape index (κ2) is 6.08. The van der Waals surface area contributed by atoms with Crippen LogP contribution in [0.25, 0.3) is 10.2 Å². The molecule has 96 valence electrons. The van der Waals surface area contributed by atoms with Gasteiger partial charge in [-0.15, -0.1) is 17.0 Å². The SMILES string of the molecule is Br.O=C(C[n+]1csc2ccccc21)c1ccccc1. The second-order valence-corrected chi connectivity index (χ2v) is 4.99. The van der Waals surface area contributed by atoms with Crippen LogP contribution in [0.15, 0.2) is 60.1 Å². The smallest absolute Gasteiger partial charge is 0.227 e. The van der Waals surface area contributed by atoms with Gasteiger partial charge in [0, 0.05) is 11.6 Å². The summed E-state index contributed by atoms with van der Waals surface area (Å²) in [5, 5.41) is 0. The number of benzene rings is 2. The van der Waals surface area contributed by atoms with Crippen LogP contribution in [0, 0.1) is 0 Å². The summed E-state index contributed by atoms with van der Waals surface area (Å²) in [7, 11) is 0. The molecule has 0 aliphatic rings. The highest BCUT2D eigenvalue weighted by Gasteiger charge is 2.16. The highest BCUT2D eigenvalue weighted by atomic mass is 79.9. The van der Waals surface area contributed by atoms with Crippen molar-refractivity contribution in [2.45, 2.75) is 6.54 Å². The molecule has 0 spiro atoms. The predicted octanol–water partition coefficient (Wildman–Crippen LogP) is 3.65. The van der Waals surface area contributed by atoms with Crippen molar-refractivity contribution in [1.82, 2.24) is 0 Å². The number of fused-ring (bicyclic) bond motifs is 1. The average molecular weight is 335 g/mol. The molecule has 1 heterocycles. The van der Waals surface area contributed by atoms with E-state index in [9.17, 15) is 4.79 Å². The summed E-state index contributed by atoms with van der Waals surface area (Å²) in [5.74, 6) is 0.143. The molecule has 0 amide bonds. The number of carbonyl (C=O) groups excluding carboxylic acids is 1. The molecule has 2 nitrogen and oxygen atoms in total. The highest BCUT2D eigenvalue weighted by molar-refractivity contribution is 8.93. The van der Waals surface area contributed by atoms with Gasteiger partial charge in [0.2, 0.25) is 23.4 Å². The van der Waals surface area contributed by atoms with Gasteiger partial charge in [0.05, 0.1) is 0 Å². The Morgan fingerprint density at radius 2 is 1.68 bits per heavy atom. The summed E-state index contributed by atoms with van der Waals surface area (Å²) in [4.78, 5) is 12.1. The van der Waals surface area contributed by atoms with Crippen LogP contribution in [0.5, 0.6) is 0 Å². The minimum absolute atomic E-state index is 0. The summed E-state index contributed by atoms with van der Waals surface area (Å²) in [6.45, 7) is 0.397. The van der Waals surface area contributed by atoms with E-state index in [1.54, 1.807) is 11.3 Å². The van der Waals surface area contributed by atoms with Crippen LogP contribution < -0.4 is 4.57 Å². The van der Waals surface area contributed by atoms with Crippen molar-refractivity contribution >= 4 is 44.3 Å². The molecule has 2 aromatic carbocycles. The second-order valence-electron chi connectivity index (χ2n) is 4.11. The number of para-hydroxylation sites is 1. The Bertz CT molecular complexity index is 693. The summed E-state index contributed by atoms with van der Waals surface area (Å²) in [6.07, 6.45) is 0. The van der Waals surface area contributed by atoms with Crippen molar-refractivity contribution in [3.05, 3.63) is 65.7 Å². The Morgan fingerprint density at radius 3 is 2.47 bits per heavy atom. The van der Waals surface area contributed by atoms with Gasteiger partial charge in [0.1, 0.15) is 4.70 Å². The Kier molecular flexibility index (Phi) is 4.45. The van der Waals surface area contributed by atoms with Crippen LogP contribution in [-0.4, -0.2) is 5.78 Å². The minimum atomic E-state index is 0. The molecule has 0 bridgehead atoms. The first-order chi connectivity index (χ1) is 8.84. The first-order valence-corrected chi connectivity index (χ1v) is 6.66. The van der Waals surface area contributed by atoms with Gasteiger partial charge in [-0.2, -0.15) is 4.57 Å². The van der Waals surface area contributed by atoms with E-state index in [-0.39, 0.29) is 22.8 Å². The van der Waals surface area contributed by atoms with Crippen LogP contribution in [0.4, 0.5) is 0 Å². The molecule has 19 heavy (non-hydrogen) atoms. The Labute approximate surface area is 126 Å². The number of halogens is 1. The molecule has 0 unspecified atom stereocenters. The van der Waals surface area contributed by atoms with Crippen molar-refractivity contribution in [1.29, 1.82) is 0 Å². The van der Waals surface area contributed by atoms with E-state index in [1.807, 2.05) is 58.6 Å². The third-order valence-corrected chi connectivity index (χ3v) is 3.85. The van der Waals surface area contributed by atoms with Crippen molar-refractivity contribution in [3.63, 3.8) is 0 Å². The first-order valence-electron chi connectivity index (χ1n) is 5.78. The minimum Gasteiger partial charge on any atom is -0.287 e. The molecule has 3 aromatic rings. The van der Waals surface area contributed by atoms with E-state index in [1.165, 1.54) is 4.70 Å². The van der Waals surface area contributed by atoms with Crippen LogP contribution in [-0.2, 0) is 6.54 Å². The lowest BCUT2D eigenvalue weighted by Crippen LogP contribution is -2.36. The molecule has 0 radical (unpaired) electrons. The zero-order valence-corrected chi connectivity index (χ0v) is 12.7. The maximum atomic E-state index is 12.1. The van der Waals surface area contributed by atoms with Gasteiger partial charge in [-0.1, -0.05) is 53.8 Å². The van der Waals surface area contributed by atoms with Gasteiger partial charge < -0.3 is 0 Å². The molecule has 0 atom stereocenters. The molecular formula is C15H13BrNOS+. The molecule has 0 aliphatic heterocycles. The lowest BCUT2D eigenvalue weighted by Gasteiger charge is -1.96. The number of Topliss-reactive ketones (excluding diaryl/α,β-unsaturated/α-hetero) is 1. The van der Waals surface area contributed by atoms with E-state index in [0.717, 1.165) is 11.1 Å². The molecule has 1 aromatic heterocycles. The first kappa shape index (κ1) is 13.9. The summed E-state index contributed by atoms with van der Waals surface area (Å²) in [5.41, 5.74) is 3.89. The Hall–Kier alpha value is -1.52. The number of rotatable bonds is 3. The third-order valence-electron chi connectivity index (χ3n) is 2.89. The van der Waals surface area contributed by atoms with Crippen LogP contribution >= 0.6 is 28.3 Å². The maximum Gasteiger partial charge on any atom is 0.227 e. The van der Waals surface area contributed by atoms with E-state index in [2.05, 4.69) is 6.07 Å². The molecule has 0 aliphatic carbocycles. The molecule has 0 saturated carbocycles. The van der Waals surface area contributed by atoms with E-state index < -0.39 is 0 Å². The van der Waals surface area contributed by atoms with Gasteiger partial charge in [-0.3, -0.25) is 4.79 Å². The van der Waals surface area contributed by atoms with Crippen molar-refractivity contribution in [2.24, 2.45) is 0 Å². The molecule has 0 fully saturated rings. The number of aromatic nitrogens is 1. The summed E-state index contributed by atoms with van der Waals surface area (Å²) in [6, 6.07) is 17.6. The topological polar surface area (TPSA) is 20.9 Å². The Balaban J connectivity index is 0.00000133. The number of carbonyl (C=O) groups is 1. The number of hydrogen-bond donors (Lipinski definition) is 0. The van der Waals surface area contributed by atoms with Gasteiger partial charge in [0.15, 0.2) is 0 Å². The van der Waals surface area contributed by atoms with E-state index in [0.29, 0.717) is 6.54 Å².